The number of rotatable bonds is 4. The van der Waals surface area contributed by atoms with Gasteiger partial charge >= 0.3 is 0 Å². The number of anilines is 2. The van der Waals surface area contributed by atoms with E-state index < -0.39 is 0 Å². The second kappa shape index (κ2) is 6.19. The van der Waals surface area contributed by atoms with Crippen molar-refractivity contribution in [3.8, 4) is 0 Å². The number of hydrogen-bond donors (Lipinski definition) is 1. The third kappa shape index (κ3) is 3.56. The van der Waals surface area contributed by atoms with Gasteiger partial charge in [0.15, 0.2) is 0 Å². The maximum absolute atomic E-state index is 5.77. The number of aromatic nitrogens is 2. The van der Waals surface area contributed by atoms with E-state index in [0.717, 1.165) is 37.4 Å². The Morgan fingerprint density at radius 2 is 2.05 bits per heavy atom. The summed E-state index contributed by atoms with van der Waals surface area (Å²) in [5.74, 6) is 1.74. The maximum atomic E-state index is 5.77. The van der Waals surface area contributed by atoms with E-state index in [1.54, 1.807) is 0 Å². The Bertz CT molecular complexity index is 414. The summed E-state index contributed by atoms with van der Waals surface area (Å²) in [5, 5.41) is 3.24. The molecule has 0 radical (unpaired) electrons. The molecular formula is C14H24N4O. The van der Waals surface area contributed by atoms with Crippen LogP contribution in [-0.2, 0) is 4.74 Å². The van der Waals surface area contributed by atoms with Crippen LogP contribution in [-0.4, -0.2) is 41.8 Å². The molecule has 0 saturated carbocycles. The first kappa shape index (κ1) is 14.1. The molecule has 106 valence electrons. The molecule has 0 amide bonds. The second-order valence-electron chi connectivity index (χ2n) is 5.29. The van der Waals surface area contributed by atoms with E-state index in [1.165, 1.54) is 0 Å². The SMILES string of the molecule is CCCNc1ncc(C)c(N2C[C@@H](C)O[C@@H](C)C2)n1. The van der Waals surface area contributed by atoms with Gasteiger partial charge < -0.3 is 15.0 Å². The number of nitrogens with zero attached hydrogens (tertiary/aromatic N) is 3. The van der Waals surface area contributed by atoms with Crippen LogP contribution in [0, 0.1) is 6.92 Å². The Balaban J connectivity index is 2.17. The second-order valence-corrected chi connectivity index (χ2v) is 5.29. The van der Waals surface area contributed by atoms with Gasteiger partial charge in [0.25, 0.3) is 0 Å². The van der Waals surface area contributed by atoms with Gasteiger partial charge in [-0.25, -0.2) is 4.98 Å². The van der Waals surface area contributed by atoms with Crippen LogP contribution in [0.3, 0.4) is 0 Å². The first-order chi connectivity index (χ1) is 9.10. The number of aryl methyl sites for hydroxylation is 1. The van der Waals surface area contributed by atoms with E-state index in [-0.39, 0.29) is 12.2 Å². The topological polar surface area (TPSA) is 50.3 Å². The van der Waals surface area contributed by atoms with E-state index in [0.29, 0.717) is 5.95 Å². The van der Waals surface area contributed by atoms with Crippen molar-refractivity contribution in [1.82, 2.24) is 9.97 Å². The van der Waals surface area contributed by atoms with Crippen LogP contribution in [0.1, 0.15) is 32.8 Å². The summed E-state index contributed by atoms with van der Waals surface area (Å²) in [6.07, 6.45) is 3.44. The van der Waals surface area contributed by atoms with Crippen LogP contribution in [0.15, 0.2) is 6.20 Å². The molecule has 5 heteroatoms. The molecule has 5 nitrogen and oxygen atoms in total. The highest BCUT2D eigenvalue weighted by Crippen LogP contribution is 2.22. The normalized spacial score (nSPS) is 23.5. The lowest BCUT2D eigenvalue weighted by atomic mass is 10.2. The quantitative estimate of drug-likeness (QED) is 0.903. The van der Waals surface area contributed by atoms with Crippen molar-refractivity contribution in [2.45, 2.75) is 46.3 Å². The molecule has 19 heavy (non-hydrogen) atoms. The van der Waals surface area contributed by atoms with Crippen LogP contribution >= 0.6 is 0 Å². The lowest BCUT2D eigenvalue weighted by Gasteiger charge is -2.36. The van der Waals surface area contributed by atoms with Gasteiger partial charge in [0.05, 0.1) is 12.2 Å². The molecule has 1 aromatic heterocycles. The molecule has 1 aliphatic rings. The monoisotopic (exact) mass is 264 g/mol. The Hall–Kier alpha value is -1.36. The fourth-order valence-corrected chi connectivity index (χ4v) is 2.43. The van der Waals surface area contributed by atoms with Crippen molar-refractivity contribution >= 4 is 11.8 Å². The number of hydrogen-bond acceptors (Lipinski definition) is 5. The molecule has 1 fully saturated rings. The van der Waals surface area contributed by atoms with Gasteiger partial charge in [0.1, 0.15) is 5.82 Å². The van der Waals surface area contributed by atoms with Gasteiger partial charge in [0, 0.05) is 31.4 Å². The van der Waals surface area contributed by atoms with Gasteiger partial charge in [-0.15, -0.1) is 0 Å². The molecule has 0 aromatic carbocycles. The van der Waals surface area contributed by atoms with E-state index in [4.69, 9.17) is 4.74 Å². The summed E-state index contributed by atoms with van der Waals surface area (Å²) in [5.41, 5.74) is 1.11. The first-order valence-corrected chi connectivity index (χ1v) is 7.08. The van der Waals surface area contributed by atoms with E-state index in [2.05, 4.69) is 47.9 Å². The van der Waals surface area contributed by atoms with Crippen LogP contribution in [0.25, 0.3) is 0 Å². The molecule has 1 aliphatic heterocycles. The van der Waals surface area contributed by atoms with E-state index in [1.807, 2.05) is 6.20 Å². The summed E-state index contributed by atoms with van der Waals surface area (Å²) in [6, 6.07) is 0. The first-order valence-electron chi connectivity index (χ1n) is 7.08. The van der Waals surface area contributed by atoms with Gasteiger partial charge in [-0.3, -0.25) is 0 Å². The molecule has 1 saturated heterocycles. The largest absolute Gasteiger partial charge is 0.372 e. The van der Waals surface area contributed by atoms with Gasteiger partial charge in [-0.2, -0.15) is 4.98 Å². The predicted octanol–water partition coefficient (Wildman–Crippen LogP) is 2.22. The van der Waals surface area contributed by atoms with Crippen molar-refractivity contribution in [2.24, 2.45) is 0 Å². The average molecular weight is 264 g/mol. The Morgan fingerprint density at radius 3 is 2.68 bits per heavy atom. The zero-order chi connectivity index (χ0) is 13.8. The minimum atomic E-state index is 0.241. The smallest absolute Gasteiger partial charge is 0.224 e. The summed E-state index contributed by atoms with van der Waals surface area (Å²) >= 11 is 0. The minimum Gasteiger partial charge on any atom is -0.372 e. The van der Waals surface area contributed by atoms with Gasteiger partial charge in [-0.05, 0) is 27.2 Å². The standard InChI is InChI=1S/C14H24N4O/c1-5-6-15-14-16-7-10(2)13(17-14)18-8-11(3)19-12(4)9-18/h7,11-12H,5-6,8-9H2,1-4H3,(H,15,16,17)/t11-,12+. The highest BCUT2D eigenvalue weighted by atomic mass is 16.5. The van der Waals surface area contributed by atoms with Crippen molar-refractivity contribution in [1.29, 1.82) is 0 Å². The highest BCUT2D eigenvalue weighted by molar-refractivity contribution is 5.49. The summed E-state index contributed by atoms with van der Waals surface area (Å²) in [7, 11) is 0. The fourth-order valence-electron chi connectivity index (χ4n) is 2.43. The van der Waals surface area contributed by atoms with Crippen molar-refractivity contribution < 1.29 is 4.74 Å². The third-order valence-electron chi connectivity index (χ3n) is 3.20. The van der Waals surface area contributed by atoms with Gasteiger partial charge in [0.2, 0.25) is 5.95 Å². The highest BCUT2D eigenvalue weighted by Gasteiger charge is 2.24. The Morgan fingerprint density at radius 1 is 1.37 bits per heavy atom. The zero-order valence-corrected chi connectivity index (χ0v) is 12.3. The lowest BCUT2D eigenvalue weighted by molar-refractivity contribution is -0.00549. The molecule has 2 heterocycles. The molecule has 0 bridgehead atoms. The van der Waals surface area contributed by atoms with Crippen LogP contribution in [0.4, 0.5) is 11.8 Å². The van der Waals surface area contributed by atoms with Crippen molar-refractivity contribution in [3.05, 3.63) is 11.8 Å². The van der Waals surface area contributed by atoms with Crippen LogP contribution < -0.4 is 10.2 Å². The molecule has 0 spiro atoms. The summed E-state index contributed by atoms with van der Waals surface area (Å²) in [4.78, 5) is 11.3. The Labute approximate surface area is 115 Å². The molecule has 1 aromatic rings. The number of ether oxygens (including phenoxy) is 1. The molecule has 2 rings (SSSR count). The van der Waals surface area contributed by atoms with E-state index >= 15 is 0 Å². The number of morpholine rings is 1. The molecule has 2 atom stereocenters. The molecule has 0 aliphatic carbocycles. The zero-order valence-electron chi connectivity index (χ0n) is 12.3. The van der Waals surface area contributed by atoms with Crippen molar-refractivity contribution in [3.63, 3.8) is 0 Å². The molecular weight excluding hydrogens is 240 g/mol. The summed E-state index contributed by atoms with van der Waals surface area (Å²) < 4.78 is 5.77. The average Bonchev–Trinajstić information content (AvgIpc) is 2.36. The summed E-state index contributed by atoms with van der Waals surface area (Å²) in [6.45, 7) is 11.1. The van der Waals surface area contributed by atoms with Gasteiger partial charge in [-0.1, -0.05) is 6.92 Å². The van der Waals surface area contributed by atoms with E-state index in [9.17, 15) is 0 Å². The molecule has 1 N–H and O–H groups in total. The minimum absolute atomic E-state index is 0.241. The molecule has 0 unspecified atom stereocenters. The van der Waals surface area contributed by atoms with Crippen molar-refractivity contribution in [2.75, 3.05) is 29.9 Å². The number of nitrogens with one attached hydrogen (secondary N) is 1. The predicted molar refractivity (Wildman–Crippen MR) is 77.8 cm³/mol. The third-order valence-corrected chi connectivity index (χ3v) is 3.20. The lowest BCUT2D eigenvalue weighted by Crippen LogP contribution is -2.46. The Kier molecular flexibility index (Phi) is 4.58. The fraction of sp³-hybridized carbons (Fsp3) is 0.714. The van der Waals surface area contributed by atoms with Crippen LogP contribution in [0.2, 0.25) is 0 Å². The van der Waals surface area contributed by atoms with Crippen LogP contribution in [0.5, 0.6) is 0 Å². The maximum Gasteiger partial charge on any atom is 0.224 e.